The van der Waals surface area contributed by atoms with Crippen LogP contribution in [-0.4, -0.2) is 13.4 Å². The Bertz CT molecular complexity index is 687. The lowest BCUT2D eigenvalue weighted by Gasteiger charge is -2.07. The third-order valence-electron chi connectivity index (χ3n) is 2.70. The topological polar surface area (TPSA) is 85.1 Å². The second-order valence-corrected chi connectivity index (χ2v) is 5.82. The molecule has 3 N–H and O–H groups in total. The van der Waals surface area contributed by atoms with Gasteiger partial charge in [-0.1, -0.05) is 24.3 Å². The number of hydrogen-bond donors (Lipinski definition) is 2. The molecule has 0 radical (unpaired) electrons. The number of pyridine rings is 1. The van der Waals surface area contributed by atoms with Gasteiger partial charge in [0.05, 0.1) is 0 Å². The van der Waals surface area contributed by atoms with Crippen molar-refractivity contribution in [3.8, 4) is 0 Å². The van der Waals surface area contributed by atoms with Crippen molar-refractivity contribution in [1.29, 1.82) is 0 Å². The first kappa shape index (κ1) is 14.6. The van der Waals surface area contributed by atoms with E-state index in [1.165, 1.54) is 12.3 Å². The molecule has 2 rings (SSSR count). The molecule has 0 amide bonds. The van der Waals surface area contributed by atoms with E-state index in [2.05, 4.69) is 9.71 Å². The fourth-order valence-electron chi connectivity index (χ4n) is 1.61. The molecule has 1 aromatic heterocycles. The average Bonchev–Trinajstić information content (AvgIpc) is 2.46. The first-order valence-corrected chi connectivity index (χ1v) is 7.39. The average molecular weight is 295 g/mol. The van der Waals surface area contributed by atoms with Gasteiger partial charge < -0.3 is 5.73 Å². The Balaban J connectivity index is 2.11. The minimum Gasteiger partial charge on any atom is -0.326 e. The third kappa shape index (κ3) is 3.38. The maximum absolute atomic E-state index is 13.4. The van der Waals surface area contributed by atoms with E-state index in [0.29, 0.717) is 6.54 Å². The van der Waals surface area contributed by atoms with Gasteiger partial charge in [0.2, 0.25) is 5.03 Å². The summed E-state index contributed by atoms with van der Waals surface area (Å²) in [6.07, 6.45) is 1.23. The van der Waals surface area contributed by atoms with Crippen LogP contribution in [0, 0.1) is 5.82 Å². The number of nitrogens with zero attached hydrogens (tertiary/aromatic N) is 1. The molecule has 0 unspecified atom stereocenters. The lowest BCUT2D eigenvalue weighted by atomic mass is 10.1. The normalized spacial score (nSPS) is 11.5. The molecule has 0 saturated heterocycles. The molecular weight excluding hydrogens is 281 g/mol. The molecule has 0 spiro atoms. The Hall–Kier alpha value is -1.83. The van der Waals surface area contributed by atoms with Gasteiger partial charge >= 0.3 is 0 Å². The minimum absolute atomic E-state index is 0.0587. The second-order valence-electron chi connectivity index (χ2n) is 4.14. The molecule has 0 saturated carbocycles. The van der Waals surface area contributed by atoms with Crippen LogP contribution in [0.1, 0.15) is 11.1 Å². The van der Waals surface area contributed by atoms with Gasteiger partial charge in [0, 0.05) is 19.3 Å². The smallest absolute Gasteiger partial charge is 0.261 e. The van der Waals surface area contributed by atoms with Gasteiger partial charge in [-0.25, -0.2) is 22.5 Å². The molecule has 7 heteroatoms. The molecule has 2 aromatic rings. The highest BCUT2D eigenvalue weighted by molar-refractivity contribution is 7.89. The highest BCUT2D eigenvalue weighted by atomic mass is 32.2. The van der Waals surface area contributed by atoms with E-state index in [0.717, 1.165) is 17.2 Å². The molecule has 1 heterocycles. The zero-order chi connectivity index (χ0) is 14.6. The summed E-state index contributed by atoms with van der Waals surface area (Å²) in [6.45, 7) is 0.481. The van der Waals surface area contributed by atoms with Crippen LogP contribution in [0.3, 0.4) is 0 Å². The number of nitrogens with two attached hydrogens (primary N) is 1. The van der Waals surface area contributed by atoms with Crippen molar-refractivity contribution < 1.29 is 12.8 Å². The summed E-state index contributed by atoms with van der Waals surface area (Å²) in [5.41, 5.74) is 7.18. The van der Waals surface area contributed by atoms with Crippen molar-refractivity contribution in [3.05, 3.63) is 59.5 Å². The fourth-order valence-corrected chi connectivity index (χ4v) is 2.63. The van der Waals surface area contributed by atoms with E-state index in [1.54, 1.807) is 12.1 Å². The Morgan fingerprint density at radius 3 is 2.40 bits per heavy atom. The van der Waals surface area contributed by atoms with Crippen LogP contribution in [0.15, 0.2) is 47.6 Å². The van der Waals surface area contributed by atoms with E-state index in [1.807, 2.05) is 12.1 Å². The SMILES string of the molecule is NCc1ccc(CNS(=O)(=O)c2ncccc2F)cc1. The lowest BCUT2D eigenvalue weighted by molar-refractivity contribution is 0.544. The zero-order valence-electron chi connectivity index (χ0n) is 10.6. The highest BCUT2D eigenvalue weighted by Crippen LogP contribution is 2.11. The van der Waals surface area contributed by atoms with E-state index in [4.69, 9.17) is 5.73 Å². The summed E-state index contributed by atoms with van der Waals surface area (Å²) in [6, 6.07) is 9.53. The fraction of sp³-hybridized carbons (Fsp3) is 0.154. The maximum atomic E-state index is 13.4. The van der Waals surface area contributed by atoms with Crippen LogP contribution < -0.4 is 10.5 Å². The molecule has 1 aromatic carbocycles. The Labute approximate surface area is 116 Å². The summed E-state index contributed by atoms with van der Waals surface area (Å²) in [5, 5.41) is -0.599. The van der Waals surface area contributed by atoms with Gasteiger partial charge in [-0.2, -0.15) is 0 Å². The van der Waals surface area contributed by atoms with Crippen molar-refractivity contribution in [2.24, 2.45) is 5.73 Å². The van der Waals surface area contributed by atoms with Crippen LogP contribution in [0.5, 0.6) is 0 Å². The molecule has 0 bridgehead atoms. The van der Waals surface area contributed by atoms with Crippen LogP contribution >= 0.6 is 0 Å². The highest BCUT2D eigenvalue weighted by Gasteiger charge is 2.19. The van der Waals surface area contributed by atoms with Crippen LogP contribution in [0.4, 0.5) is 4.39 Å². The van der Waals surface area contributed by atoms with Crippen LogP contribution in [0.25, 0.3) is 0 Å². The summed E-state index contributed by atoms with van der Waals surface area (Å²) in [5.74, 6) is -0.876. The number of sulfonamides is 1. The summed E-state index contributed by atoms with van der Waals surface area (Å²) < 4.78 is 39.6. The van der Waals surface area contributed by atoms with E-state index in [-0.39, 0.29) is 6.54 Å². The largest absolute Gasteiger partial charge is 0.326 e. The monoisotopic (exact) mass is 295 g/mol. The van der Waals surface area contributed by atoms with Crippen molar-refractivity contribution in [2.45, 2.75) is 18.1 Å². The Kier molecular flexibility index (Phi) is 4.43. The molecule has 0 aliphatic heterocycles. The molecule has 0 atom stereocenters. The van der Waals surface area contributed by atoms with Crippen molar-refractivity contribution >= 4 is 10.0 Å². The molecular formula is C13H14FN3O2S. The predicted octanol–water partition coefficient (Wildman–Crippen LogP) is 1.16. The first-order valence-electron chi connectivity index (χ1n) is 5.91. The van der Waals surface area contributed by atoms with Gasteiger partial charge in [-0.3, -0.25) is 0 Å². The van der Waals surface area contributed by atoms with Gasteiger partial charge in [0.25, 0.3) is 10.0 Å². The van der Waals surface area contributed by atoms with Gasteiger partial charge in [0.1, 0.15) is 0 Å². The summed E-state index contributed by atoms with van der Waals surface area (Å²) in [7, 11) is -3.97. The molecule has 20 heavy (non-hydrogen) atoms. The first-order chi connectivity index (χ1) is 9.53. The maximum Gasteiger partial charge on any atom is 0.261 e. The van der Waals surface area contributed by atoms with Gasteiger partial charge in [-0.15, -0.1) is 0 Å². The predicted molar refractivity (Wildman–Crippen MR) is 72.6 cm³/mol. The van der Waals surface area contributed by atoms with E-state index in [9.17, 15) is 12.8 Å². The number of nitrogens with one attached hydrogen (secondary N) is 1. The second kappa shape index (κ2) is 6.08. The number of hydrogen-bond acceptors (Lipinski definition) is 4. The Morgan fingerprint density at radius 2 is 1.80 bits per heavy atom. The van der Waals surface area contributed by atoms with Crippen LogP contribution in [-0.2, 0) is 23.1 Å². The van der Waals surface area contributed by atoms with Crippen molar-refractivity contribution in [3.63, 3.8) is 0 Å². The lowest BCUT2D eigenvalue weighted by Crippen LogP contribution is -2.25. The number of rotatable bonds is 5. The van der Waals surface area contributed by atoms with E-state index >= 15 is 0 Å². The number of aromatic nitrogens is 1. The molecule has 5 nitrogen and oxygen atoms in total. The zero-order valence-corrected chi connectivity index (χ0v) is 11.4. The minimum atomic E-state index is -3.97. The Morgan fingerprint density at radius 1 is 1.15 bits per heavy atom. The molecule has 0 aliphatic rings. The number of benzene rings is 1. The van der Waals surface area contributed by atoms with Crippen LogP contribution in [0.2, 0.25) is 0 Å². The van der Waals surface area contributed by atoms with Crippen molar-refractivity contribution in [2.75, 3.05) is 0 Å². The summed E-state index contributed by atoms with van der Waals surface area (Å²) >= 11 is 0. The molecule has 0 fully saturated rings. The van der Waals surface area contributed by atoms with Crippen molar-refractivity contribution in [1.82, 2.24) is 9.71 Å². The standard InChI is InChI=1S/C13H14FN3O2S/c14-12-2-1-7-16-13(12)20(18,19)17-9-11-5-3-10(8-15)4-6-11/h1-7,17H,8-9,15H2. The third-order valence-corrected chi connectivity index (χ3v) is 4.04. The van der Waals surface area contributed by atoms with E-state index < -0.39 is 20.9 Å². The summed E-state index contributed by atoms with van der Waals surface area (Å²) in [4.78, 5) is 3.55. The van der Waals surface area contributed by atoms with Gasteiger partial charge in [-0.05, 0) is 23.3 Å². The molecule has 0 aliphatic carbocycles. The molecule has 106 valence electrons. The quantitative estimate of drug-likeness (QED) is 0.866. The number of halogens is 1. The van der Waals surface area contributed by atoms with Gasteiger partial charge in [0.15, 0.2) is 5.82 Å².